The smallest absolute Gasteiger partial charge is 0 e. The van der Waals surface area contributed by atoms with E-state index >= 15 is 0 Å². The van der Waals surface area contributed by atoms with E-state index in [1.54, 1.807) is 0 Å². The van der Waals surface area contributed by atoms with E-state index in [0.717, 1.165) is 0 Å². The third-order valence-corrected chi connectivity index (χ3v) is 0. The molecule has 2 radical (unpaired) electrons. The Morgan fingerprint density at radius 3 is 1.00 bits per heavy atom. The molecule has 0 saturated carbocycles. The first-order valence-corrected chi connectivity index (χ1v) is 0. The van der Waals surface area contributed by atoms with E-state index in [1.165, 1.54) is 0 Å². The van der Waals surface area contributed by atoms with Crippen LogP contribution in [0.25, 0.3) is 0 Å². The molecule has 0 spiro atoms. The summed E-state index contributed by atoms with van der Waals surface area (Å²) in [6, 6.07) is 0. The van der Waals surface area contributed by atoms with Crippen molar-refractivity contribution in [3.05, 3.63) is 0 Å². The molecule has 4 heteroatoms. The maximum Gasteiger partial charge on any atom is 0 e. The van der Waals surface area contributed by atoms with E-state index in [1.807, 2.05) is 0 Å². The Labute approximate surface area is 66.7 Å². The van der Waals surface area contributed by atoms with Gasteiger partial charge in [0, 0.05) is 57.3 Å². The summed E-state index contributed by atoms with van der Waals surface area (Å²) in [6.45, 7) is 0. The molecular formula is H3CuPTiV. The van der Waals surface area contributed by atoms with Crippen molar-refractivity contribution in [1.29, 1.82) is 0 Å². The molecule has 0 aromatic carbocycles. The molecule has 0 N–H and O–H groups in total. The monoisotopic (exact) mass is 196 g/mol. The number of hydrogen-bond donors (Lipinski definition) is 0. The van der Waals surface area contributed by atoms with Crippen LogP contribution in [0, 0.1) is 0 Å². The molecule has 0 saturated heterocycles. The third kappa shape index (κ3) is 8.87. The van der Waals surface area contributed by atoms with Crippen LogP contribution in [0.2, 0.25) is 0 Å². The van der Waals surface area contributed by atoms with Gasteiger partial charge in [-0.05, 0) is 0 Å². The minimum Gasteiger partial charge on any atom is -0.153 e. The van der Waals surface area contributed by atoms with Gasteiger partial charge in [0.1, 0.15) is 0 Å². The quantitative estimate of drug-likeness (QED) is 0.379. The summed E-state index contributed by atoms with van der Waals surface area (Å²) in [5.74, 6) is 0. The van der Waals surface area contributed by atoms with Crippen molar-refractivity contribution < 1.29 is 57.3 Å². The zero-order valence-corrected chi connectivity index (χ0v) is 7.27. The minimum absolute atomic E-state index is 0. The molecule has 0 aliphatic carbocycles. The maximum atomic E-state index is 0. The second-order valence-corrected chi connectivity index (χ2v) is 0. The van der Waals surface area contributed by atoms with Gasteiger partial charge in [0.15, 0.2) is 0 Å². The molecule has 1 unspecified atom stereocenters. The molecule has 4 heavy (non-hydrogen) atoms. The molecule has 0 fully saturated rings. The fraction of sp³-hybridized carbons (Fsp3) is 0. The van der Waals surface area contributed by atoms with Crippen molar-refractivity contribution in [3.8, 4) is 0 Å². The summed E-state index contributed by atoms with van der Waals surface area (Å²) >= 11 is 0. The van der Waals surface area contributed by atoms with Crippen LogP contribution < -0.4 is 0 Å². The fourth-order valence-electron chi connectivity index (χ4n) is 0. The van der Waals surface area contributed by atoms with Crippen molar-refractivity contribution in [1.82, 2.24) is 0 Å². The zero-order valence-electron chi connectivity index (χ0n) is 1.96. The normalized spacial score (nSPS) is 0. The first-order valence-electron chi connectivity index (χ1n) is 0. The van der Waals surface area contributed by atoms with Crippen LogP contribution in [0.5, 0.6) is 0 Å². The summed E-state index contributed by atoms with van der Waals surface area (Å²) in [5, 5.41) is 0. The summed E-state index contributed by atoms with van der Waals surface area (Å²) in [6.07, 6.45) is 0. The van der Waals surface area contributed by atoms with Crippen LogP contribution in [-0.2, 0) is 57.3 Å². The Bertz CT molecular complexity index is 8.00. The van der Waals surface area contributed by atoms with Crippen LogP contribution in [-0.4, -0.2) is 0 Å². The maximum absolute atomic E-state index is 0. The van der Waals surface area contributed by atoms with Crippen molar-refractivity contribution in [3.63, 3.8) is 0 Å². The van der Waals surface area contributed by atoms with Crippen molar-refractivity contribution >= 4 is 9.90 Å². The van der Waals surface area contributed by atoms with Gasteiger partial charge in [-0.1, -0.05) is 0 Å². The molecular weight excluding hydrogens is 193 g/mol. The van der Waals surface area contributed by atoms with E-state index < -0.39 is 0 Å². The fourth-order valence-corrected chi connectivity index (χ4v) is 0. The predicted octanol–water partition coefficient (Wildman–Crippen LogP) is 0.0506. The van der Waals surface area contributed by atoms with Gasteiger partial charge in [-0.15, -0.1) is 0 Å². The van der Waals surface area contributed by atoms with Crippen molar-refractivity contribution in [2.75, 3.05) is 0 Å². The van der Waals surface area contributed by atoms with E-state index in [4.69, 9.17) is 0 Å². The van der Waals surface area contributed by atoms with Gasteiger partial charge in [0.2, 0.25) is 0 Å². The van der Waals surface area contributed by atoms with Crippen LogP contribution in [0.4, 0.5) is 0 Å². The van der Waals surface area contributed by atoms with Crippen molar-refractivity contribution in [2.45, 2.75) is 0 Å². The van der Waals surface area contributed by atoms with Gasteiger partial charge in [0.05, 0.1) is 0 Å². The third-order valence-electron chi connectivity index (χ3n) is 0. The summed E-state index contributed by atoms with van der Waals surface area (Å²) in [7, 11) is 0. The van der Waals surface area contributed by atoms with E-state index in [0.29, 0.717) is 0 Å². The Balaban J connectivity index is 0. The molecule has 0 rings (SSSR count). The van der Waals surface area contributed by atoms with Gasteiger partial charge >= 0.3 is 0 Å². The van der Waals surface area contributed by atoms with E-state index in [2.05, 4.69) is 0 Å². The largest absolute Gasteiger partial charge is 0.153 e. The molecule has 0 aromatic heterocycles. The van der Waals surface area contributed by atoms with Gasteiger partial charge in [-0.2, -0.15) is 9.90 Å². The van der Waals surface area contributed by atoms with E-state index in [9.17, 15) is 0 Å². The molecule has 0 bridgehead atoms. The molecule has 0 nitrogen and oxygen atoms in total. The number of rotatable bonds is 0. The average molecular weight is 196 g/mol. The second kappa shape index (κ2) is 18.7. The molecule has 0 amide bonds. The van der Waals surface area contributed by atoms with Gasteiger partial charge in [-0.3, -0.25) is 0 Å². The van der Waals surface area contributed by atoms with Crippen LogP contribution >= 0.6 is 9.90 Å². The molecule has 0 aliphatic rings. The summed E-state index contributed by atoms with van der Waals surface area (Å²) in [4.78, 5) is 0. The molecule has 0 aliphatic heterocycles. The Morgan fingerprint density at radius 2 is 1.00 bits per heavy atom. The number of hydrogen-bond acceptors (Lipinski definition) is 0. The Morgan fingerprint density at radius 1 is 1.00 bits per heavy atom. The topological polar surface area (TPSA) is 0 Å². The standard InChI is InChI=1S/Cu.H3P.Ti.V/h;1H3;;. The minimum atomic E-state index is 0. The molecule has 0 aromatic rings. The molecule has 0 heterocycles. The van der Waals surface area contributed by atoms with Gasteiger partial charge in [-0.25, -0.2) is 0 Å². The Kier molecular flexibility index (Phi) is 160. The van der Waals surface area contributed by atoms with Crippen LogP contribution in [0.1, 0.15) is 0 Å². The zero-order chi connectivity index (χ0) is 0. The van der Waals surface area contributed by atoms with Crippen LogP contribution in [0.15, 0.2) is 0 Å². The predicted molar refractivity (Wildman–Crippen MR) is 11.1 cm³/mol. The molecule has 28 valence electrons. The van der Waals surface area contributed by atoms with Crippen molar-refractivity contribution in [2.24, 2.45) is 0 Å². The van der Waals surface area contributed by atoms with Gasteiger partial charge in [0.25, 0.3) is 0 Å². The second-order valence-electron chi connectivity index (χ2n) is 0. The van der Waals surface area contributed by atoms with E-state index in [-0.39, 0.29) is 67.2 Å². The first-order chi connectivity index (χ1) is 0. The van der Waals surface area contributed by atoms with Crippen LogP contribution in [0.3, 0.4) is 0 Å². The van der Waals surface area contributed by atoms with Gasteiger partial charge < -0.3 is 0 Å². The Hall–Kier alpha value is 2.25. The summed E-state index contributed by atoms with van der Waals surface area (Å²) < 4.78 is 0. The molecule has 1 atom stereocenters. The summed E-state index contributed by atoms with van der Waals surface area (Å²) in [5.41, 5.74) is 0. The average Bonchev–Trinajstić information content (AvgIpc) is 0. The SMILES string of the molecule is P.[Cu].[Ti].[V]. The first kappa shape index (κ1) is 34.0.